The van der Waals surface area contributed by atoms with Crippen molar-refractivity contribution in [3.05, 3.63) is 58.9 Å². The zero-order valence-electron chi connectivity index (χ0n) is 13.5. The molecule has 4 rings (SSSR count). The van der Waals surface area contributed by atoms with Crippen LogP contribution < -0.4 is 4.74 Å². The number of benzene rings is 2. The average Bonchev–Trinajstić information content (AvgIpc) is 3.08. The molecule has 0 bridgehead atoms. The summed E-state index contributed by atoms with van der Waals surface area (Å²) in [7, 11) is 0. The number of halogens is 1. The predicted octanol–water partition coefficient (Wildman–Crippen LogP) is 3.27. The van der Waals surface area contributed by atoms with Gasteiger partial charge in [0.05, 0.1) is 12.3 Å². The van der Waals surface area contributed by atoms with E-state index in [1.165, 1.54) is 23.9 Å². The molecule has 0 saturated heterocycles. The second-order valence-electron chi connectivity index (χ2n) is 5.66. The molecule has 3 aromatic rings. The molecule has 25 heavy (non-hydrogen) atoms. The van der Waals surface area contributed by atoms with E-state index in [1.54, 1.807) is 4.68 Å². The highest BCUT2D eigenvalue weighted by Crippen LogP contribution is 2.33. The second-order valence-corrected chi connectivity index (χ2v) is 6.60. The molecule has 0 spiro atoms. The van der Waals surface area contributed by atoms with E-state index in [1.807, 2.05) is 31.2 Å². The Kier molecular flexibility index (Phi) is 4.37. The van der Waals surface area contributed by atoms with Crippen molar-refractivity contribution in [2.75, 3.05) is 6.79 Å². The number of aromatic nitrogens is 4. The molecule has 0 saturated carbocycles. The molecule has 0 N–H and O–H groups in total. The molecule has 0 radical (unpaired) electrons. The summed E-state index contributed by atoms with van der Waals surface area (Å²) in [5, 5.41) is 12.5. The van der Waals surface area contributed by atoms with Crippen LogP contribution in [-0.4, -0.2) is 27.0 Å². The molecular formula is C17H15FN4O2S. The Morgan fingerprint density at radius 3 is 2.92 bits per heavy atom. The van der Waals surface area contributed by atoms with Crippen molar-refractivity contribution < 1.29 is 13.9 Å². The van der Waals surface area contributed by atoms with Gasteiger partial charge < -0.3 is 9.47 Å². The molecule has 8 heteroatoms. The van der Waals surface area contributed by atoms with Gasteiger partial charge in [-0.25, -0.2) is 4.39 Å². The average molecular weight is 358 g/mol. The molecule has 0 fully saturated rings. The number of fused-ring (bicyclic) bond motifs is 1. The Morgan fingerprint density at radius 2 is 2.08 bits per heavy atom. The third-order valence-corrected chi connectivity index (χ3v) is 4.80. The van der Waals surface area contributed by atoms with Gasteiger partial charge in [-0.1, -0.05) is 29.5 Å². The first-order valence-electron chi connectivity index (χ1n) is 7.71. The number of hydrogen-bond acceptors (Lipinski definition) is 6. The first-order chi connectivity index (χ1) is 12.2. The quantitative estimate of drug-likeness (QED) is 0.667. The summed E-state index contributed by atoms with van der Waals surface area (Å²) in [6, 6.07) is 10.8. The van der Waals surface area contributed by atoms with E-state index < -0.39 is 0 Å². The minimum atomic E-state index is -0.304. The van der Waals surface area contributed by atoms with Crippen molar-refractivity contribution in [1.82, 2.24) is 20.2 Å². The van der Waals surface area contributed by atoms with Crippen LogP contribution >= 0.6 is 11.8 Å². The highest BCUT2D eigenvalue weighted by Gasteiger charge is 2.18. The molecule has 0 unspecified atom stereocenters. The van der Waals surface area contributed by atoms with Crippen LogP contribution in [0.5, 0.6) is 5.75 Å². The van der Waals surface area contributed by atoms with E-state index >= 15 is 0 Å². The maximum absolute atomic E-state index is 13.8. The van der Waals surface area contributed by atoms with Crippen LogP contribution in [0.3, 0.4) is 0 Å². The van der Waals surface area contributed by atoms with Gasteiger partial charge in [0.15, 0.2) is 6.79 Å². The molecule has 2 heterocycles. The zero-order valence-corrected chi connectivity index (χ0v) is 14.3. The molecule has 6 nitrogen and oxygen atoms in total. The Labute approximate surface area is 147 Å². The maximum atomic E-state index is 13.8. The normalized spacial score (nSPS) is 13.4. The number of rotatable bonds is 4. The van der Waals surface area contributed by atoms with Gasteiger partial charge in [-0.2, -0.15) is 4.68 Å². The number of hydrogen-bond donors (Lipinski definition) is 0. The Morgan fingerprint density at radius 1 is 1.24 bits per heavy atom. The van der Waals surface area contributed by atoms with Crippen molar-refractivity contribution in [2.45, 2.75) is 24.4 Å². The molecule has 128 valence electrons. The van der Waals surface area contributed by atoms with E-state index in [0.717, 1.165) is 22.4 Å². The van der Waals surface area contributed by atoms with Crippen molar-refractivity contribution >= 4 is 11.8 Å². The van der Waals surface area contributed by atoms with Gasteiger partial charge in [0.25, 0.3) is 0 Å². The lowest BCUT2D eigenvalue weighted by atomic mass is 10.1. The molecule has 0 aliphatic carbocycles. The highest BCUT2D eigenvalue weighted by atomic mass is 32.2. The number of aryl methyl sites for hydroxylation is 1. The van der Waals surface area contributed by atoms with E-state index in [9.17, 15) is 4.39 Å². The minimum absolute atomic E-state index is 0.178. The van der Waals surface area contributed by atoms with Gasteiger partial charge >= 0.3 is 0 Å². The first kappa shape index (κ1) is 16.0. The maximum Gasteiger partial charge on any atom is 0.214 e. The highest BCUT2D eigenvalue weighted by molar-refractivity contribution is 7.98. The number of nitrogens with zero attached hydrogens (tertiary/aromatic N) is 4. The molecule has 0 atom stereocenters. The summed E-state index contributed by atoms with van der Waals surface area (Å²) in [6.07, 6.45) is 0. The number of thioether (sulfide) groups is 1. The lowest BCUT2D eigenvalue weighted by Gasteiger charge is -2.20. The fourth-order valence-corrected chi connectivity index (χ4v) is 3.48. The van der Waals surface area contributed by atoms with E-state index in [0.29, 0.717) is 23.3 Å². The lowest BCUT2D eigenvalue weighted by Crippen LogP contribution is -2.13. The monoisotopic (exact) mass is 358 g/mol. The summed E-state index contributed by atoms with van der Waals surface area (Å²) in [6.45, 7) is 2.55. The largest absolute Gasteiger partial charge is 0.467 e. The van der Waals surface area contributed by atoms with Crippen molar-refractivity contribution in [3.8, 4) is 11.4 Å². The number of tetrazole rings is 1. The smallest absolute Gasteiger partial charge is 0.214 e. The van der Waals surface area contributed by atoms with Gasteiger partial charge in [0.1, 0.15) is 11.6 Å². The van der Waals surface area contributed by atoms with Crippen LogP contribution in [0.4, 0.5) is 4.39 Å². The number of ether oxygens (including phenoxy) is 2. The molecule has 2 aromatic carbocycles. The van der Waals surface area contributed by atoms with Crippen LogP contribution in [-0.2, 0) is 17.1 Å². The lowest BCUT2D eigenvalue weighted by molar-refractivity contribution is -0.0171. The minimum Gasteiger partial charge on any atom is -0.467 e. The predicted molar refractivity (Wildman–Crippen MR) is 90.1 cm³/mol. The van der Waals surface area contributed by atoms with Crippen LogP contribution in [0.2, 0.25) is 0 Å². The summed E-state index contributed by atoms with van der Waals surface area (Å²) in [4.78, 5) is 0. The van der Waals surface area contributed by atoms with Crippen LogP contribution in [0.25, 0.3) is 5.69 Å². The fourth-order valence-electron chi connectivity index (χ4n) is 2.62. The topological polar surface area (TPSA) is 62.1 Å². The fraction of sp³-hybridized carbons (Fsp3) is 0.235. The van der Waals surface area contributed by atoms with E-state index in [4.69, 9.17) is 9.47 Å². The van der Waals surface area contributed by atoms with Gasteiger partial charge in [0.2, 0.25) is 5.16 Å². The van der Waals surface area contributed by atoms with Gasteiger partial charge in [-0.05, 0) is 41.6 Å². The molecule has 1 aliphatic heterocycles. The van der Waals surface area contributed by atoms with Gasteiger partial charge in [-0.15, -0.1) is 5.10 Å². The van der Waals surface area contributed by atoms with E-state index in [-0.39, 0.29) is 12.6 Å². The zero-order chi connectivity index (χ0) is 17.2. The second kappa shape index (κ2) is 6.81. The summed E-state index contributed by atoms with van der Waals surface area (Å²) in [5.41, 5.74) is 3.53. The van der Waals surface area contributed by atoms with Gasteiger partial charge in [0, 0.05) is 16.9 Å². The van der Waals surface area contributed by atoms with Crippen LogP contribution in [0, 0.1) is 12.7 Å². The SMILES string of the molecule is Cc1ccc(-n2nnnc2SCc2cc(F)cc3c2OCOC3)cc1. The van der Waals surface area contributed by atoms with E-state index in [2.05, 4.69) is 15.5 Å². The van der Waals surface area contributed by atoms with Gasteiger partial charge in [-0.3, -0.25) is 0 Å². The molecule has 1 aromatic heterocycles. The Hall–Kier alpha value is -2.45. The van der Waals surface area contributed by atoms with Crippen molar-refractivity contribution in [1.29, 1.82) is 0 Å². The first-order valence-corrected chi connectivity index (χ1v) is 8.69. The van der Waals surface area contributed by atoms with Crippen LogP contribution in [0.1, 0.15) is 16.7 Å². The van der Waals surface area contributed by atoms with Crippen LogP contribution in [0.15, 0.2) is 41.6 Å². The summed E-state index contributed by atoms with van der Waals surface area (Å²) >= 11 is 1.43. The molecular weight excluding hydrogens is 343 g/mol. The molecule has 0 amide bonds. The van der Waals surface area contributed by atoms with Crippen molar-refractivity contribution in [3.63, 3.8) is 0 Å². The summed E-state index contributed by atoms with van der Waals surface area (Å²) in [5.74, 6) is 0.878. The van der Waals surface area contributed by atoms with Crippen molar-refractivity contribution in [2.24, 2.45) is 0 Å². The summed E-state index contributed by atoms with van der Waals surface area (Å²) < 4.78 is 26.3. The third-order valence-electron chi connectivity index (χ3n) is 3.83. The third kappa shape index (κ3) is 3.35. The standard InChI is InChI=1S/C17H15FN4O2S/c1-11-2-4-15(5-3-11)22-17(19-20-21-22)25-9-13-7-14(18)6-12-8-23-10-24-16(12)13/h2-7H,8-10H2,1H3. The Bertz CT molecular complexity index is 898. The Balaban J connectivity index is 1.58. The molecule has 1 aliphatic rings.